The molecule has 33 heavy (non-hydrogen) atoms. The van der Waals surface area contributed by atoms with E-state index in [1.54, 1.807) is 11.3 Å². The highest BCUT2D eigenvalue weighted by Crippen LogP contribution is 2.31. The maximum absolute atomic E-state index is 13.1. The molecule has 0 aliphatic rings. The van der Waals surface area contributed by atoms with Gasteiger partial charge >= 0.3 is 0 Å². The molecule has 1 heterocycles. The Kier molecular flexibility index (Phi) is 7.95. The Morgan fingerprint density at radius 3 is 1.85 bits per heavy atom. The van der Waals surface area contributed by atoms with Crippen LogP contribution in [0.5, 0.6) is 0 Å². The third kappa shape index (κ3) is 7.74. The van der Waals surface area contributed by atoms with E-state index in [9.17, 15) is 4.79 Å². The molecule has 0 aliphatic carbocycles. The van der Waals surface area contributed by atoms with E-state index >= 15 is 0 Å². The number of fused-ring (bicyclic) bond motifs is 1. The zero-order valence-corrected chi connectivity index (χ0v) is 21.8. The summed E-state index contributed by atoms with van der Waals surface area (Å²) in [6.45, 7) is 15.2. The van der Waals surface area contributed by atoms with Crippen molar-refractivity contribution in [3.8, 4) is 0 Å². The zero-order chi connectivity index (χ0) is 25.4. The van der Waals surface area contributed by atoms with Gasteiger partial charge in [-0.1, -0.05) is 58.9 Å². The number of halogens is 1. The molecule has 2 aromatic carbocycles. The second-order valence-electron chi connectivity index (χ2n) is 9.99. The summed E-state index contributed by atoms with van der Waals surface area (Å²) in [5, 5.41) is 4.34. The van der Waals surface area contributed by atoms with Crippen molar-refractivity contribution < 1.29 is 38.2 Å². The van der Waals surface area contributed by atoms with E-state index in [-0.39, 0.29) is 16.7 Å². The summed E-state index contributed by atoms with van der Waals surface area (Å²) in [7, 11) is -2.89. The van der Waals surface area contributed by atoms with Gasteiger partial charge in [0.25, 0.3) is 5.91 Å². The number of nitrogens with one attached hydrogen (secondary N) is 1. The van der Waals surface area contributed by atoms with Crippen molar-refractivity contribution in [1.29, 1.82) is 0 Å². The number of thiazole rings is 1. The summed E-state index contributed by atoms with van der Waals surface area (Å²) >= 11 is 1.76. The minimum atomic E-state index is -4.94. The number of anilines is 1. The Labute approximate surface area is 201 Å². The fourth-order valence-corrected chi connectivity index (χ4v) is 4.16. The van der Waals surface area contributed by atoms with Gasteiger partial charge in [0.2, 0.25) is 10.5 Å². The van der Waals surface area contributed by atoms with E-state index in [4.69, 9.17) is 18.6 Å². The quantitative estimate of drug-likeness (QED) is 0.534. The number of benzene rings is 2. The molecule has 1 aromatic heterocycles. The SMILES string of the molecule is Cc1sc2ccc(NC(=O)c3cc(C(C)(C)C)cc(C(C)(C)C)c3)cc2[n+]1C.[O-][Cl+3]([O-])([O-])[O-]. The summed E-state index contributed by atoms with van der Waals surface area (Å²) in [5.41, 5.74) is 5.00. The molecule has 0 atom stereocenters. The number of carbonyl (C=O) groups is 1. The molecule has 0 fully saturated rings. The number of amides is 1. The number of rotatable bonds is 2. The molecule has 0 bridgehead atoms. The van der Waals surface area contributed by atoms with Gasteiger partial charge in [0.1, 0.15) is 11.7 Å². The van der Waals surface area contributed by atoms with E-state index in [1.165, 1.54) is 20.8 Å². The van der Waals surface area contributed by atoms with Gasteiger partial charge in [-0.3, -0.25) is 4.79 Å². The third-order valence-electron chi connectivity index (χ3n) is 5.24. The lowest BCUT2D eigenvalue weighted by atomic mass is 9.79. The predicted octanol–water partition coefficient (Wildman–Crippen LogP) is 1.13. The monoisotopic (exact) mass is 494 g/mol. The molecule has 0 aliphatic heterocycles. The number of hydrogen-bond acceptors (Lipinski definition) is 6. The lowest BCUT2D eigenvalue weighted by molar-refractivity contribution is -2.00. The van der Waals surface area contributed by atoms with Crippen LogP contribution < -0.4 is 28.5 Å². The molecule has 0 saturated carbocycles. The molecule has 0 spiro atoms. The van der Waals surface area contributed by atoms with Gasteiger partial charge in [-0.2, -0.15) is 4.57 Å². The standard InChI is InChI=1S/C24H30N2OS.ClHO4/c1-15-26(8)20-14-19(9-10-21(20)28-15)25-22(27)16-11-17(23(2,3)4)13-18(12-16)24(5,6)7;2-1(3,4)5/h9-14H,1-8H3;(H,2,3,4,5). The first-order valence-corrected chi connectivity index (χ1v) is 12.4. The van der Waals surface area contributed by atoms with Gasteiger partial charge in [-0.15, -0.1) is 10.2 Å². The molecule has 0 saturated heterocycles. The first-order valence-electron chi connectivity index (χ1n) is 10.3. The molecular weight excluding hydrogens is 464 g/mol. The van der Waals surface area contributed by atoms with E-state index in [0.29, 0.717) is 5.56 Å². The Balaban J connectivity index is 0.000000696. The van der Waals surface area contributed by atoms with Gasteiger partial charge in [-0.25, -0.2) is 18.6 Å². The largest absolute Gasteiger partial charge is 0.322 e. The fraction of sp³-hybridized carbons (Fsp3) is 0.417. The van der Waals surface area contributed by atoms with E-state index in [2.05, 4.69) is 83.6 Å². The van der Waals surface area contributed by atoms with Gasteiger partial charge in [0.05, 0.1) is 0 Å². The van der Waals surface area contributed by atoms with Crippen molar-refractivity contribution in [2.24, 2.45) is 7.05 Å². The van der Waals surface area contributed by atoms with Crippen molar-refractivity contribution in [3.63, 3.8) is 0 Å². The molecule has 180 valence electrons. The van der Waals surface area contributed by atoms with Gasteiger partial charge in [0, 0.05) is 24.2 Å². The minimum absolute atomic E-state index is 0.0167. The van der Waals surface area contributed by atoms with Crippen LogP contribution in [-0.4, -0.2) is 5.91 Å². The van der Waals surface area contributed by atoms with Crippen LogP contribution in [0, 0.1) is 17.2 Å². The van der Waals surface area contributed by atoms with Crippen LogP contribution in [0.2, 0.25) is 0 Å². The number of hydrogen-bond donors (Lipinski definition) is 1. The lowest BCUT2D eigenvalue weighted by Gasteiger charge is -2.26. The second-order valence-corrected chi connectivity index (χ2v) is 12.0. The Morgan fingerprint density at radius 2 is 1.39 bits per heavy atom. The molecule has 3 aromatic rings. The van der Waals surface area contributed by atoms with Crippen molar-refractivity contribution >= 4 is 33.1 Å². The maximum Gasteiger partial charge on any atom is 0.255 e. The number of aryl methyl sites for hydroxylation is 2. The number of carbonyl (C=O) groups excluding carboxylic acids is 1. The number of nitrogens with zero attached hydrogens (tertiary/aromatic N) is 1. The Bertz CT molecular complexity index is 1120. The van der Waals surface area contributed by atoms with Crippen molar-refractivity contribution in [2.45, 2.75) is 59.3 Å². The first kappa shape index (κ1) is 27.2. The lowest BCUT2D eigenvalue weighted by Crippen LogP contribution is -2.68. The zero-order valence-electron chi connectivity index (χ0n) is 20.2. The first-order chi connectivity index (χ1) is 14.9. The smallest absolute Gasteiger partial charge is 0.255 e. The van der Waals surface area contributed by atoms with Gasteiger partial charge < -0.3 is 5.32 Å². The van der Waals surface area contributed by atoms with Gasteiger partial charge in [0.15, 0.2) is 0 Å². The molecule has 0 unspecified atom stereocenters. The maximum atomic E-state index is 13.1. The predicted molar refractivity (Wildman–Crippen MR) is 120 cm³/mol. The minimum Gasteiger partial charge on any atom is -0.322 e. The van der Waals surface area contributed by atoms with Crippen LogP contribution in [0.25, 0.3) is 10.2 Å². The van der Waals surface area contributed by atoms with Crippen molar-refractivity contribution in [2.75, 3.05) is 5.32 Å². The Hall–Kier alpha value is -2.07. The highest BCUT2D eigenvalue weighted by atomic mass is 35.7. The Morgan fingerprint density at radius 1 is 0.909 bits per heavy atom. The molecular formula is C24H31ClN2O5S. The molecule has 0 radical (unpaired) electrons. The van der Waals surface area contributed by atoms with Gasteiger partial charge in [-0.05, 0) is 46.2 Å². The van der Waals surface area contributed by atoms with Crippen LogP contribution in [0.1, 0.15) is 68.0 Å². The highest BCUT2D eigenvalue weighted by molar-refractivity contribution is 7.18. The molecule has 1 amide bonds. The normalized spacial score (nSPS) is 12.4. The topological polar surface area (TPSA) is 125 Å². The summed E-state index contributed by atoms with van der Waals surface area (Å²) in [6, 6.07) is 12.4. The molecule has 1 N–H and O–H groups in total. The summed E-state index contributed by atoms with van der Waals surface area (Å²) in [4.78, 5) is 13.1. The second kappa shape index (κ2) is 9.66. The summed E-state index contributed by atoms with van der Waals surface area (Å²) in [6.07, 6.45) is 0. The fourth-order valence-electron chi connectivity index (χ4n) is 3.17. The number of aromatic nitrogens is 1. The summed E-state index contributed by atoms with van der Waals surface area (Å²) in [5.74, 6) is -0.0643. The van der Waals surface area contributed by atoms with E-state index in [1.807, 2.05) is 18.2 Å². The highest BCUT2D eigenvalue weighted by Gasteiger charge is 2.22. The molecule has 7 nitrogen and oxygen atoms in total. The average molecular weight is 495 g/mol. The average Bonchev–Trinajstić information content (AvgIpc) is 2.92. The van der Waals surface area contributed by atoms with Crippen LogP contribution in [0.3, 0.4) is 0 Å². The van der Waals surface area contributed by atoms with Crippen LogP contribution in [-0.2, 0) is 17.9 Å². The molecule has 3 rings (SSSR count). The van der Waals surface area contributed by atoms with Crippen LogP contribution >= 0.6 is 11.3 Å². The van der Waals surface area contributed by atoms with E-state index in [0.717, 1.165) is 11.2 Å². The molecule has 9 heteroatoms. The third-order valence-corrected chi connectivity index (χ3v) is 6.37. The van der Waals surface area contributed by atoms with Crippen LogP contribution in [0.4, 0.5) is 5.69 Å². The summed E-state index contributed by atoms with van der Waals surface area (Å²) < 4.78 is 37.4. The van der Waals surface area contributed by atoms with Crippen molar-refractivity contribution in [1.82, 2.24) is 0 Å². The van der Waals surface area contributed by atoms with Crippen molar-refractivity contribution in [3.05, 3.63) is 58.1 Å². The van der Waals surface area contributed by atoms with E-state index < -0.39 is 10.2 Å². The van der Waals surface area contributed by atoms with Crippen LogP contribution in [0.15, 0.2) is 36.4 Å².